The summed E-state index contributed by atoms with van der Waals surface area (Å²) in [5, 5.41) is 3.62. The van der Waals surface area contributed by atoms with Crippen LogP contribution in [0.3, 0.4) is 0 Å². The highest BCUT2D eigenvalue weighted by molar-refractivity contribution is 6.17. The number of H-pyrrole nitrogens is 1. The van der Waals surface area contributed by atoms with Crippen LogP contribution >= 0.6 is 0 Å². The third-order valence-electron chi connectivity index (χ3n) is 3.26. The predicted octanol–water partition coefficient (Wildman–Crippen LogP) is 3.43. The molecule has 0 saturated heterocycles. The summed E-state index contributed by atoms with van der Waals surface area (Å²) in [5.41, 5.74) is 1.22. The molecule has 3 nitrogen and oxygen atoms in total. The maximum absolute atomic E-state index is 12.0. The Bertz CT molecular complexity index is 947. The summed E-state index contributed by atoms with van der Waals surface area (Å²) >= 11 is 0. The third kappa shape index (κ3) is 1.10. The molecule has 0 atom stereocenters. The zero-order valence-corrected chi connectivity index (χ0v) is 9.44. The van der Waals surface area contributed by atoms with Crippen LogP contribution in [0.4, 0.5) is 0 Å². The predicted molar refractivity (Wildman–Crippen MR) is 71.8 cm³/mol. The number of aromatic nitrogens is 1. The minimum atomic E-state index is -0.114. The first-order valence-electron chi connectivity index (χ1n) is 5.77. The van der Waals surface area contributed by atoms with Gasteiger partial charge >= 0.3 is 0 Å². The minimum absolute atomic E-state index is 0.114. The fourth-order valence-electron chi connectivity index (χ4n) is 2.47. The van der Waals surface area contributed by atoms with Crippen molar-refractivity contribution >= 4 is 32.8 Å². The second-order valence-corrected chi connectivity index (χ2v) is 4.30. The van der Waals surface area contributed by atoms with Gasteiger partial charge in [-0.3, -0.25) is 9.78 Å². The molecule has 3 heteroatoms. The van der Waals surface area contributed by atoms with Crippen LogP contribution in [0.25, 0.3) is 32.8 Å². The summed E-state index contributed by atoms with van der Waals surface area (Å²) in [6, 6.07) is 15.4. The van der Waals surface area contributed by atoms with E-state index in [0.717, 1.165) is 21.7 Å². The molecule has 2 aromatic carbocycles. The molecule has 0 spiro atoms. The van der Waals surface area contributed by atoms with Crippen molar-refractivity contribution in [2.24, 2.45) is 0 Å². The highest BCUT2D eigenvalue weighted by atomic mass is 16.3. The van der Waals surface area contributed by atoms with E-state index in [4.69, 9.17) is 4.42 Å². The molecule has 2 heterocycles. The van der Waals surface area contributed by atoms with E-state index in [9.17, 15) is 4.79 Å². The first kappa shape index (κ1) is 9.48. The van der Waals surface area contributed by atoms with E-state index in [-0.39, 0.29) is 5.56 Å². The smallest absolute Gasteiger partial charge is 0.258 e. The van der Waals surface area contributed by atoms with E-state index in [0.29, 0.717) is 11.1 Å². The molecule has 1 N–H and O–H groups in total. The second-order valence-electron chi connectivity index (χ2n) is 4.30. The number of rotatable bonds is 0. The molecule has 4 rings (SSSR count). The van der Waals surface area contributed by atoms with Crippen LogP contribution < -0.4 is 5.56 Å². The van der Waals surface area contributed by atoms with Gasteiger partial charge in [-0.05, 0) is 12.1 Å². The van der Waals surface area contributed by atoms with Crippen molar-refractivity contribution in [2.75, 3.05) is 0 Å². The zero-order chi connectivity index (χ0) is 12.1. The van der Waals surface area contributed by atoms with Gasteiger partial charge in [-0.1, -0.05) is 36.4 Å². The zero-order valence-electron chi connectivity index (χ0n) is 9.44. The van der Waals surface area contributed by atoms with Crippen LogP contribution in [0.2, 0.25) is 0 Å². The lowest BCUT2D eigenvalue weighted by Crippen LogP contribution is -2.04. The second kappa shape index (κ2) is 3.23. The lowest BCUT2D eigenvalue weighted by Gasteiger charge is -1.97. The van der Waals surface area contributed by atoms with Crippen molar-refractivity contribution < 1.29 is 4.42 Å². The molecule has 0 bridgehead atoms. The van der Waals surface area contributed by atoms with E-state index >= 15 is 0 Å². The molecule has 0 aliphatic heterocycles. The number of para-hydroxylation sites is 1. The number of hydrogen-bond donors (Lipinski definition) is 1. The maximum atomic E-state index is 12.0. The van der Waals surface area contributed by atoms with Crippen LogP contribution in [0.1, 0.15) is 0 Å². The topological polar surface area (TPSA) is 46.0 Å². The van der Waals surface area contributed by atoms with Gasteiger partial charge in [-0.2, -0.15) is 0 Å². The standard InChI is InChI=1S/C15H9NO2/c17-14-10-6-2-1-5-9(10)13-11-7-3-4-8-12(11)18-15(13)16-14/h1-8H,(H,16,17). The number of furan rings is 1. The first-order chi connectivity index (χ1) is 8.84. The lowest BCUT2D eigenvalue weighted by atomic mass is 10.1. The summed E-state index contributed by atoms with van der Waals surface area (Å²) in [6.45, 7) is 0. The highest BCUT2D eigenvalue weighted by Crippen LogP contribution is 2.31. The van der Waals surface area contributed by atoms with Crippen molar-refractivity contribution in [2.45, 2.75) is 0 Å². The summed E-state index contributed by atoms with van der Waals surface area (Å²) in [6.07, 6.45) is 0. The molecule has 0 amide bonds. The molecule has 4 aromatic rings. The molecule has 0 aliphatic carbocycles. The summed E-state index contributed by atoms with van der Waals surface area (Å²) in [5.74, 6) is 0. The fourth-order valence-corrected chi connectivity index (χ4v) is 2.47. The molecule has 0 aliphatic rings. The van der Waals surface area contributed by atoms with Crippen molar-refractivity contribution in [1.82, 2.24) is 4.98 Å². The largest absolute Gasteiger partial charge is 0.440 e. The van der Waals surface area contributed by atoms with Gasteiger partial charge in [0, 0.05) is 16.2 Å². The minimum Gasteiger partial charge on any atom is -0.440 e. The van der Waals surface area contributed by atoms with Gasteiger partial charge in [0.05, 0.1) is 5.39 Å². The molecule has 0 fully saturated rings. The SMILES string of the molecule is O=c1[nH]c2oc3ccccc3c2c2ccccc12. The van der Waals surface area contributed by atoms with E-state index < -0.39 is 0 Å². The first-order valence-corrected chi connectivity index (χ1v) is 5.77. The van der Waals surface area contributed by atoms with E-state index in [1.165, 1.54) is 0 Å². The number of hydrogen-bond acceptors (Lipinski definition) is 2. The Hall–Kier alpha value is -2.55. The average molecular weight is 235 g/mol. The Kier molecular flexibility index (Phi) is 1.70. The van der Waals surface area contributed by atoms with Gasteiger partial charge in [-0.25, -0.2) is 0 Å². The van der Waals surface area contributed by atoms with Crippen molar-refractivity contribution in [3.8, 4) is 0 Å². The van der Waals surface area contributed by atoms with E-state index in [1.54, 1.807) is 0 Å². The molecule has 86 valence electrons. The molecule has 2 aromatic heterocycles. The molecule has 0 saturated carbocycles. The summed E-state index contributed by atoms with van der Waals surface area (Å²) in [7, 11) is 0. The van der Waals surface area contributed by atoms with Crippen LogP contribution in [-0.4, -0.2) is 4.98 Å². The number of pyridine rings is 1. The summed E-state index contributed by atoms with van der Waals surface area (Å²) in [4.78, 5) is 14.8. The number of nitrogens with one attached hydrogen (secondary N) is 1. The van der Waals surface area contributed by atoms with Crippen molar-refractivity contribution in [1.29, 1.82) is 0 Å². The normalized spacial score (nSPS) is 11.6. The Morgan fingerprint density at radius 1 is 0.833 bits per heavy atom. The van der Waals surface area contributed by atoms with Gasteiger partial charge in [0.1, 0.15) is 5.58 Å². The average Bonchev–Trinajstić information content (AvgIpc) is 2.77. The van der Waals surface area contributed by atoms with Gasteiger partial charge in [0.25, 0.3) is 5.56 Å². The Balaban J connectivity index is 2.43. The Labute approximate surface area is 102 Å². The van der Waals surface area contributed by atoms with Gasteiger partial charge < -0.3 is 4.42 Å². The van der Waals surface area contributed by atoms with Crippen LogP contribution in [0.15, 0.2) is 57.7 Å². The quantitative estimate of drug-likeness (QED) is 0.507. The molecule has 0 unspecified atom stereocenters. The molecule has 0 radical (unpaired) electrons. The van der Waals surface area contributed by atoms with E-state index in [2.05, 4.69) is 4.98 Å². The Morgan fingerprint density at radius 3 is 2.33 bits per heavy atom. The summed E-state index contributed by atoms with van der Waals surface area (Å²) < 4.78 is 5.69. The van der Waals surface area contributed by atoms with Crippen LogP contribution in [-0.2, 0) is 0 Å². The van der Waals surface area contributed by atoms with Gasteiger partial charge in [-0.15, -0.1) is 0 Å². The molecular weight excluding hydrogens is 226 g/mol. The Morgan fingerprint density at radius 2 is 1.50 bits per heavy atom. The van der Waals surface area contributed by atoms with Crippen LogP contribution in [0, 0.1) is 0 Å². The highest BCUT2D eigenvalue weighted by Gasteiger charge is 2.11. The maximum Gasteiger partial charge on any atom is 0.258 e. The molecule has 18 heavy (non-hydrogen) atoms. The molecular formula is C15H9NO2. The third-order valence-corrected chi connectivity index (χ3v) is 3.26. The number of aromatic amines is 1. The number of fused-ring (bicyclic) bond motifs is 5. The number of benzene rings is 2. The van der Waals surface area contributed by atoms with Crippen LogP contribution in [0.5, 0.6) is 0 Å². The van der Waals surface area contributed by atoms with Crippen molar-refractivity contribution in [3.05, 3.63) is 58.9 Å². The van der Waals surface area contributed by atoms with Gasteiger partial charge in [0.15, 0.2) is 0 Å². The van der Waals surface area contributed by atoms with E-state index in [1.807, 2.05) is 48.5 Å². The lowest BCUT2D eigenvalue weighted by molar-refractivity contribution is 0.653. The van der Waals surface area contributed by atoms with Crippen molar-refractivity contribution in [3.63, 3.8) is 0 Å². The van der Waals surface area contributed by atoms with Gasteiger partial charge in [0.2, 0.25) is 5.71 Å². The monoisotopic (exact) mass is 235 g/mol. The fraction of sp³-hybridized carbons (Fsp3) is 0.